The molecule has 2 unspecified atom stereocenters. The Kier molecular flexibility index (Phi) is 8.19. The second-order valence-electron chi connectivity index (χ2n) is 9.00. The van der Waals surface area contributed by atoms with Crippen LogP contribution in [0, 0.1) is 0 Å². The quantitative estimate of drug-likeness (QED) is 0.356. The molecule has 0 aromatic heterocycles. The van der Waals surface area contributed by atoms with Gasteiger partial charge in [-0.25, -0.2) is 4.79 Å². The van der Waals surface area contributed by atoms with E-state index in [-0.39, 0.29) is 23.9 Å². The van der Waals surface area contributed by atoms with Gasteiger partial charge in [0.25, 0.3) is 0 Å². The number of benzene rings is 2. The summed E-state index contributed by atoms with van der Waals surface area (Å²) in [6, 6.07) is 2.69. The van der Waals surface area contributed by atoms with Crippen molar-refractivity contribution in [3.63, 3.8) is 0 Å². The molecule has 0 radical (unpaired) electrons. The van der Waals surface area contributed by atoms with Crippen LogP contribution >= 0.6 is 0 Å². The molecule has 1 aliphatic rings. The predicted octanol–water partition coefficient (Wildman–Crippen LogP) is 7.24. The lowest BCUT2D eigenvalue weighted by molar-refractivity contribution is -0.143. The summed E-state index contributed by atoms with van der Waals surface area (Å²) in [5.74, 6) is -1.72. The molecule has 0 bridgehead atoms. The number of alkyl halides is 9. The van der Waals surface area contributed by atoms with Crippen molar-refractivity contribution >= 4 is 17.7 Å². The summed E-state index contributed by atoms with van der Waals surface area (Å²) in [6.45, 7) is 2.88. The lowest BCUT2D eigenvalue weighted by Gasteiger charge is -2.29. The minimum atomic E-state index is -5.11. The van der Waals surface area contributed by atoms with Crippen LogP contribution in [0.2, 0.25) is 0 Å². The van der Waals surface area contributed by atoms with Crippen molar-refractivity contribution in [3.8, 4) is 0 Å². The Bertz CT molecular complexity index is 1210. The van der Waals surface area contributed by atoms with Crippen molar-refractivity contribution < 1.29 is 53.8 Å². The highest BCUT2D eigenvalue weighted by atomic mass is 19.4. The molecule has 0 N–H and O–H groups in total. The van der Waals surface area contributed by atoms with Gasteiger partial charge in [-0.1, -0.05) is 0 Å². The zero-order chi connectivity index (χ0) is 29.5. The van der Waals surface area contributed by atoms with Gasteiger partial charge in [-0.15, -0.1) is 0 Å². The molecular weight excluding hydrogens is 547 g/mol. The number of hydrogen-bond donors (Lipinski definition) is 0. The Morgan fingerprint density at radius 2 is 1.41 bits per heavy atom. The number of nitrogens with zero attached hydrogens (tertiary/aromatic N) is 2. The van der Waals surface area contributed by atoms with Crippen LogP contribution in [-0.4, -0.2) is 36.1 Å². The standard InChI is InChI=1S/C25H23F9N2O3/c1-4-39-22(38)36-13(2)20(19-10-16(23(26,27)28)5-6-21(19)36)12-35(14(3)37)11-15-7-17(24(29,30)31)9-18(8-15)25(32,33)34/h5-10,13,20H,4,11-12H2,1-3H3. The minimum Gasteiger partial charge on any atom is -0.449 e. The van der Waals surface area contributed by atoms with Gasteiger partial charge < -0.3 is 9.64 Å². The zero-order valence-corrected chi connectivity index (χ0v) is 20.8. The fraction of sp³-hybridized carbons (Fsp3) is 0.440. The van der Waals surface area contributed by atoms with Crippen LogP contribution in [0.25, 0.3) is 0 Å². The third kappa shape index (κ3) is 6.59. The van der Waals surface area contributed by atoms with Gasteiger partial charge in [0, 0.05) is 32.0 Å². The van der Waals surface area contributed by atoms with E-state index >= 15 is 0 Å². The van der Waals surface area contributed by atoms with E-state index in [2.05, 4.69) is 0 Å². The van der Waals surface area contributed by atoms with Gasteiger partial charge in [-0.05, 0) is 61.4 Å². The van der Waals surface area contributed by atoms with Gasteiger partial charge in [0.05, 0.1) is 29.0 Å². The number of halogens is 9. The molecule has 1 heterocycles. The summed E-state index contributed by atoms with van der Waals surface area (Å²) < 4.78 is 125. The van der Waals surface area contributed by atoms with Crippen LogP contribution in [-0.2, 0) is 34.6 Å². The summed E-state index contributed by atoms with van der Waals surface area (Å²) in [4.78, 5) is 27.1. The molecular formula is C25H23F9N2O3. The molecule has 14 heteroatoms. The smallest absolute Gasteiger partial charge is 0.416 e. The van der Waals surface area contributed by atoms with E-state index in [4.69, 9.17) is 4.74 Å². The van der Waals surface area contributed by atoms with Gasteiger partial charge in [0.1, 0.15) is 0 Å². The number of carbonyl (C=O) groups excluding carboxylic acids is 2. The van der Waals surface area contributed by atoms with Crippen LogP contribution in [0.1, 0.15) is 54.5 Å². The Labute approximate surface area is 217 Å². The van der Waals surface area contributed by atoms with Gasteiger partial charge >= 0.3 is 24.6 Å². The average Bonchev–Trinajstić information content (AvgIpc) is 3.07. The van der Waals surface area contributed by atoms with Crippen LogP contribution < -0.4 is 4.90 Å². The Hall–Kier alpha value is -3.45. The Morgan fingerprint density at radius 3 is 1.87 bits per heavy atom. The summed E-state index contributed by atoms with van der Waals surface area (Å²) in [7, 11) is 0. The van der Waals surface area contributed by atoms with Crippen molar-refractivity contribution in [2.45, 2.75) is 57.8 Å². The molecule has 2 atom stereocenters. The highest BCUT2D eigenvalue weighted by Crippen LogP contribution is 2.45. The molecule has 0 spiro atoms. The first-order valence-corrected chi connectivity index (χ1v) is 11.6. The largest absolute Gasteiger partial charge is 0.449 e. The molecule has 39 heavy (non-hydrogen) atoms. The summed E-state index contributed by atoms with van der Waals surface area (Å²) in [5.41, 5.74) is -4.55. The number of amides is 2. The van der Waals surface area contributed by atoms with Crippen molar-refractivity contribution in [2.75, 3.05) is 18.1 Å². The Morgan fingerprint density at radius 1 is 0.872 bits per heavy atom. The first kappa shape index (κ1) is 30.1. The first-order valence-electron chi connectivity index (χ1n) is 11.6. The van der Waals surface area contributed by atoms with Gasteiger partial charge in [0.15, 0.2) is 0 Å². The number of carbonyl (C=O) groups is 2. The van der Waals surface area contributed by atoms with Crippen molar-refractivity contribution in [1.29, 1.82) is 0 Å². The van der Waals surface area contributed by atoms with Crippen LogP contribution in [0.15, 0.2) is 36.4 Å². The summed E-state index contributed by atoms with van der Waals surface area (Å²) in [5, 5.41) is 0. The van der Waals surface area contributed by atoms with Gasteiger partial charge in [-0.2, -0.15) is 39.5 Å². The molecule has 5 nitrogen and oxygen atoms in total. The molecule has 0 aliphatic carbocycles. The van der Waals surface area contributed by atoms with E-state index in [0.29, 0.717) is 12.1 Å². The van der Waals surface area contributed by atoms with E-state index < -0.39 is 77.8 Å². The van der Waals surface area contributed by atoms with E-state index in [9.17, 15) is 49.1 Å². The first-order chi connectivity index (χ1) is 17.8. The third-order valence-corrected chi connectivity index (χ3v) is 6.35. The summed E-state index contributed by atoms with van der Waals surface area (Å²) >= 11 is 0. The highest BCUT2D eigenvalue weighted by molar-refractivity contribution is 5.92. The van der Waals surface area contributed by atoms with Gasteiger partial charge in [-0.3, -0.25) is 9.69 Å². The van der Waals surface area contributed by atoms with E-state index in [1.54, 1.807) is 0 Å². The molecule has 2 aromatic carbocycles. The second-order valence-corrected chi connectivity index (χ2v) is 9.00. The maximum absolute atomic E-state index is 13.5. The molecule has 214 valence electrons. The molecule has 0 fully saturated rings. The fourth-order valence-corrected chi connectivity index (χ4v) is 4.49. The SMILES string of the molecule is CCOC(=O)N1c2ccc(C(F)(F)F)cc2C(CN(Cc2cc(C(F)(F)F)cc(C(F)(F)F)c2)C(C)=O)C1C. The van der Waals surface area contributed by atoms with Crippen LogP contribution in [0.4, 0.5) is 50.0 Å². The molecule has 1 aliphatic heterocycles. The monoisotopic (exact) mass is 570 g/mol. The zero-order valence-electron chi connectivity index (χ0n) is 20.8. The number of fused-ring (bicyclic) bond motifs is 1. The Balaban J connectivity index is 2.04. The lowest BCUT2D eigenvalue weighted by atomic mass is 9.93. The summed E-state index contributed by atoms with van der Waals surface area (Å²) in [6.07, 6.45) is -15.8. The second kappa shape index (κ2) is 10.6. The van der Waals surface area contributed by atoms with Crippen molar-refractivity contribution in [2.24, 2.45) is 0 Å². The molecule has 0 saturated carbocycles. The molecule has 3 rings (SSSR count). The third-order valence-electron chi connectivity index (χ3n) is 6.35. The predicted molar refractivity (Wildman–Crippen MR) is 121 cm³/mol. The number of rotatable bonds is 5. The highest BCUT2D eigenvalue weighted by Gasteiger charge is 2.43. The lowest BCUT2D eigenvalue weighted by Crippen LogP contribution is -2.41. The normalized spacial score (nSPS) is 17.7. The van der Waals surface area contributed by atoms with Crippen LogP contribution in [0.3, 0.4) is 0 Å². The minimum absolute atomic E-state index is 0.0247. The van der Waals surface area contributed by atoms with Crippen molar-refractivity contribution in [3.05, 3.63) is 64.2 Å². The van der Waals surface area contributed by atoms with Crippen molar-refractivity contribution in [1.82, 2.24) is 4.90 Å². The van der Waals surface area contributed by atoms with E-state index in [0.717, 1.165) is 34.9 Å². The van der Waals surface area contributed by atoms with Crippen LogP contribution in [0.5, 0.6) is 0 Å². The molecule has 2 aromatic rings. The van der Waals surface area contributed by atoms with Gasteiger partial charge in [0.2, 0.25) is 5.91 Å². The molecule has 2 amide bonds. The molecule has 0 saturated heterocycles. The number of anilines is 1. The van der Waals surface area contributed by atoms with E-state index in [1.807, 2.05) is 0 Å². The maximum Gasteiger partial charge on any atom is 0.416 e. The fourth-order valence-electron chi connectivity index (χ4n) is 4.49. The number of ether oxygens (including phenoxy) is 1. The average molecular weight is 570 g/mol. The van der Waals surface area contributed by atoms with E-state index in [1.165, 1.54) is 13.8 Å². The number of hydrogen-bond acceptors (Lipinski definition) is 3. The maximum atomic E-state index is 13.5. The topological polar surface area (TPSA) is 49.9 Å².